The van der Waals surface area contributed by atoms with Crippen LogP contribution in [-0.4, -0.2) is 5.97 Å². The molecule has 0 saturated carbocycles. The molecule has 0 N–H and O–H groups in total. The number of hydrogen-bond acceptors (Lipinski definition) is 2. The van der Waals surface area contributed by atoms with Crippen LogP contribution in [0.4, 0.5) is 0 Å². The Kier molecular flexibility index (Phi) is 4.50. The summed E-state index contributed by atoms with van der Waals surface area (Å²) in [4.78, 5) is 10.9. The van der Waals surface area contributed by atoms with E-state index in [-0.39, 0.29) is 27.9 Å². The molecule has 16 heavy (non-hydrogen) atoms. The van der Waals surface area contributed by atoms with Gasteiger partial charge in [0.1, 0.15) is 0 Å². The van der Waals surface area contributed by atoms with Crippen LogP contribution < -0.4 is 5.11 Å². The maximum Gasteiger partial charge on any atom is 1.00 e. The van der Waals surface area contributed by atoms with Gasteiger partial charge in [0.2, 0.25) is 0 Å². The quantitative estimate of drug-likeness (QED) is 0.793. The maximum absolute atomic E-state index is 10.9. The van der Waals surface area contributed by atoms with Crippen LogP contribution in [0.3, 0.4) is 0 Å². The van der Waals surface area contributed by atoms with Crippen molar-refractivity contribution >= 4 is 5.97 Å². The summed E-state index contributed by atoms with van der Waals surface area (Å²) < 4.78 is 0. The van der Waals surface area contributed by atoms with Gasteiger partial charge in [-0.15, -0.1) is 0 Å². The standard InChI is InChI=1S/C13H10O2.Ag/c14-13(15)12-9-5-4-8-11(12)10-6-2-1-3-7-10;/h1-9H,(H,14,15);/q;+1/p-1. The first-order valence-corrected chi connectivity index (χ1v) is 4.65. The van der Waals surface area contributed by atoms with Crippen molar-refractivity contribution in [3.05, 3.63) is 60.2 Å². The molecule has 2 nitrogen and oxygen atoms in total. The van der Waals surface area contributed by atoms with Gasteiger partial charge < -0.3 is 9.90 Å². The first-order chi connectivity index (χ1) is 7.29. The Hall–Kier alpha value is -1.35. The van der Waals surface area contributed by atoms with Gasteiger partial charge in [-0.05, 0) is 11.1 Å². The predicted octanol–water partition coefficient (Wildman–Crippen LogP) is 1.71. The predicted molar refractivity (Wildman–Crippen MR) is 56.2 cm³/mol. The van der Waals surface area contributed by atoms with E-state index in [1.165, 1.54) is 0 Å². The molecule has 0 saturated heterocycles. The van der Waals surface area contributed by atoms with E-state index in [9.17, 15) is 9.90 Å². The molecule has 0 aliphatic rings. The summed E-state index contributed by atoms with van der Waals surface area (Å²) in [5.41, 5.74) is 1.80. The molecule has 3 heteroatoms. The molecule has 2 aromatic rings. The summed E-state index contributed by atoms with van der Waals surface area (Å²) in [5, 5.41) is 10.9. The van der Waals surface area contributed by atoms with Crippen molar-refractivity contribution in [1.29, 1.82) is 0 Å². The fraction of sp³-hybridized carbons (Fsp3) is 0. The molecule has 0 radical (unpaired) electrons. The fourth-order valence-electron chi connectivity index (χ4n) is 1.53. The number of carbonyl (C=O) groups is 1. The number of hydrogen-bond donors (Lipinski definition) is 0. The number of aromatic carboxylic acids is 1. The normalized spacial score (nSPS) is 9.25. The van der Waals surface area contributed by atoms with Crippen LogP contribution in [0.5, 0.6) is 0 Å². The zero-order chi connectivity index (χ0) is 10.7. The van der Waals surface area contributed by atoms with E-state index in [1.807, 2.05) is 36.4 Å². The first kappa shape index (κ1) is 12.7. The van der Waals surface area contributed by atoms with Crippen LogP contribution in [0.1, 0.15) is 10.4 Å². The zero-order valence-electron chi connectivity index (χ0n) is 8.31. The van der Waals surface area contributed by atoms with E-state index in [1.54, 1.807) is 18.2 Å². The van der Waals surface area contributed by atoms with E-state index in [0.717, 1.165) is 5.56 Å². The van der Waals surface area contributed by atoms with E-state index in [4.69, 9.17) is 0 Å². The third-order valence-corrected chi connectivity index (χ3v) is 2.23. The number of rotatable bonds is 2. The molecular formula is C13H9AgO2. The Morgan fingerprint density at radius 1 is 0.875 bits per heavy atom. The molecule has 84 valence electrons. The van der Waals surface area contributed by atoms with Crippen LogP contribution in [0.2, 0.25) is 0 Å². The summed E-state index contributed by atoms with van der Waals surface area (Å²) >= 11 is 0. The molecule has 0 fully saturated rings. The van der Waals surface area contributed by atoms with E-state index >= 15 is 0 Å². The van der Waals surface area contributed by atoms with Gasteiger partial charge in [-0.2, -0.15) is 0 Å². The second-order valence-corrected chi connectivity index (χ2v) is 3.20. The molecule has 0 spiro atoms. The van der Waals surface area contributed by atoms with Crippen molar-refractivity contribution < 1.29 is 32.3 Å². The second kappa shape index (κ2) is 5.66. The molecule has 0 aliphatic heterocycles. The fourth-order valence-corrected chi connectivity index (χ4v) is 1.53. The van der Waals surface area contributed by atoms with Crippen LogP contribution in [0.15, 0.2) is 54.6 Å². The van der Waals surface area contributed by atoms with Crippen molar-refractivity contribution in [3.63, 3.8) is 0 Å². The van der Waals surface area contributed by atoms with Gasteiger partial charge in [-0.1, -0.05) is 54.6 Å². The second-order valence-electron chi connectivity index (χ2n) is 3.20. The zero-order valence-corrected chi connectivity index (χ0v) is 9.80. The Balaban J connectivity index is 0.00000128. The van der Waals surface area contributed by atoms with Crippen molar-refractivity contribution in [2.24, 2.45) is 0 Å². The molecule has 0 heterocycles. The minimum atomic E-state index is -1.14. The number of benzene rings is 2. The molecule has 2 rings (SSSR count). The van der Waals surface area contributed by atoms with Gasteiger partial charge in [0.15, 0.2) is 0 Å². The summed E-state index contributed by atoms with van der Waals surface area (Å²) in [6.45, 7) is 0. The molecule has 2 aromatic carbocycles. The minimum Gasteiger partial charge on any atom is -0.545 e. The number of carboxylic acid groups (broad SMARTS) is 1. The first-order valence-electron chi connectivity index (χ1n) is 4.65. The Labute approximate surface area is 109 Å². The molecule has 0 bridgehead atoms. The SMILES string of the molecule is O=C([O-])c1ccccc1-c1ccccc1.[Ag+]. The van der Waals surface area contributed by atoms with Gasteiger partial charge in [0.25, 0.3) is 0 Å². The van der Waals surface area contributed by atoms with Crippen LogP contribution in [0.25, 0.3) is 11.1 Å². The minimum absolute atomic E-state index is 0. The van der Waals surface area contributed by atoms with Crippen LogP contribution in [0, 0.1) is 0 Å². The van der Waals surface area contributed by atoms with Crippen LogP contribution in [-0.2, 0) is 22.4 Å². The average Bonchev–Trinajstić information content (AvgIpc) is 2.30. The van der Waals surface area contributed by atoms with Crippen molar-refractivity contribution in [2.75, 3.05) is 0 Å². The summed E-state index contributed by atoms with van der Waals surface area (Å²) in [7, 11) is 0. The molecule has 0 amide bonds. The van der Waals surface area contributed by atoms with Crippen molar-refractivity contribution in [3.8, 4) is 11.1 Å². The van der Waals surface area contributed by atoms with Gasteiger partial charge in [0.05, 0.1) is 5.97 Å². The van der Waals surface area contributed by atoms with Gasteiger partial charge in [-0.25, -0.2) is 0 Å². The van der Waals surface area contributed by atoms with Gasteiger partial charge >= 0.3 is 22.4 Å². The molecule has 0 aromatic heterocycles. The smallest absolute Gasteiger partial charge is 0.545 e. The van der Waals surface area contributed by atoms with Crippen molar-refractivity contribution in [1.82, 2.24) is 0 Å². The number of carboxylic acids is 1. The van der Waals surface area contributed by atoms with E-state index < -0.39 is 5.97 Å². The number of carbonyl (C=O) groups excluding carboxylic acids is 1. The Morgan fingerprint density at radius 3 is 2.06 bits per heavy atom. The summed E-state index contributed by atoms with van der Waals surface area (Å²) in [5.74, 6) is -1.14. The van der Waals surface area contributed by atoms with Crippen molar-refractivity contribution in [2.45, 2.75) is 0 Å². The third-order valence-electron chi connectivity index (χ3n) is 2.23. The molecule has 0 unspecified atom stereocenters. The Morgan fingerprint density at radius 2 is 1.44 bits per heavy atom. The topological polar surface area (TPSA) is 40.1 Å². The summed E-state index contributed by atoms with van der Waals surface area (Å²) in [6.07, 6.45) is 0. The molecule has 0 atom stereocenters. The van der Waals surface area contributed by atoms with Gasteiger partial charge in [-0.3, -0.25) is 0 Å². The van der Waals surface area contributed by atoms with Crippen LogP contribution >= 0.6 is 0 Å². The van der Waals surface area contributed by atoms with E-state index in [0.29, 0.717) is 5.56 Å². The Bertz CT molecular complexity index is 480. The molecular weight excluding hydrogens is 296 g/mol. The average molecular weight is 305 g/mol. The third kappa shape index (κ3) is 2.61. The summed E-state index contributed by atoms with van der Waals surface area (Å²) in [6, 6.07) is 16.2. The van der Waals surface area contributed by atoms with Gasteiger partial charge in [0, 0.05) is 5.56 Å². The monoisotopic (exact) mass is 304 g/mol. The van der Waals surface area contributed by atoms with E-state index in [2.05, 4.69) is 0 Å². The molecule has 0 aliphatic carbocycles. The largest absolute Gasteiger partial charge is 1.00 e. The maximum atomic E-state index is 10.9.